The summed E-state index contributed by atoms with van der Waals surface area (Å²) in [7, 11) is 0. The van der Waals surface area contributed by atoms with E-state index in [0.29, 0.717) is 0 Å². The van der Waals surface area contributed by atoms with E-state index in [-0.39, 0.29) is 11.0 Å². The second-order valence-corrected chi connectivity index (χ2v) is 8.84. The van der Waals surface area contributed by atoms with Crippen LogP contribution in [-0.2, 0) is 11.8 Å². The number of fused-ring (bicyclic) bond motifs is 4. The number of hydrogen-bond donors (Lipinski definition) is 0. The van der Waals surface area contributed by atoms with Crippen LogP contribution in [0.15, 0.2) is 58.5 Å². The van der Waals surface area contributed by atoms with Crippen LogP contribution in [0.25, 0.3) is 16.9 Å². The van der Waals surface area contributed by atoms with Gasteiger partial charge in [0.1, 0.15) is 0 Å². The Balaban J connectivity index is 1.88. The highest BCUT2D eigenvalue weighted by Crippen LogP contribution is 2.50. The van der Waals surface area contributed by atoms with Gasteiger partial charge in [0.25, 0.3) is 5.56 Å². The number of aryl methyl sites for hydroxylation is 1. The summed E-state index contributed by atoms with van der Waals surface area (Å²) in [4.78, 5) is 19.1. The fraction of sp³-hybridized carbons (Fsp3) is 0.333. The molecular weight excluding hydrogens is 364 g/mol. The molecule has 2 aliphatic rings. The first-order valence-corrected chi connectivity index (χ1v) is 11.2. The molecule has 0 radical (unpaired) electrons. The minimum Gasteiger partial charge on any atom is -0.268 e. The Kier molecular flexibility index (Phi) is 4.20. The highest BCUT2D eigenvalue weighted by Gasteiger charge is 2.44. The van der Waals surface area contributed by atoms with E-state index in [1.807, 2.05) is 29.0 Å². The van der Waals surface area contributed by atoms with Gasteiger partial charge in [0, 0.05) is 11.0 Å². The van der Waals surface area contributed by atoms with Crippen molar-refractivity contribution in [3.05, 3.63) is 75.6 Å². The van der Waals surface area contributed by atoms with Gasteiger partial charge in [-0.3, -0.25) is 9.36 Å². The van der Waals surface area contributed by atoms with E-state index in [1.54, 1.807) is 11.8 Å². The minimum absolute atomic E-state index is 0.0604. The fourth-order valence-electron chi connectivity index (χ4n) is 5.18. The summed E-state index contributed by atoms with van der Waals surface area (Å²) >= 11 is 1.54. The summed E-state index contributed by atoms with van der Waals surface area (Å²) in [5, 5.41) is 0.767. The lowest BCUT2D eigenvalue weighted by molar-refractivity contribution is 0.422. The number of rotatable bonds is 2. The number of para-hydroxylation sites is 1. The predicted octanol–water partition coefficient (Wildman–Crippen LogP) is 5.30. The van der Waals surface area contributed by atoms with Crippen LogP contribution in [0.1, 0.15) is 42.4 Å². The molecule has 5 rings (SSSR count). The van der Waals surface area contributed by atoms with Gasteiger partial charge in [-0.05, 0) is 49.6 Å². The molecule has 1 aromatic heterocycles. The van der Waals surface area contributed by atoms with Crippen molar-refractivity contribution >= 4 is 11.8 Å². The molecule has 0 unspecified atom stereocenters. The van der Waals surface area contributed by atoms with Crippen LogP contribution in [0, 0.1) is 6.92 Å². The van der Waals surface area contributed by atoms with Crippen LogP contribution < -0.4 is 5.56 Å². The Bertz CT molecular complexity index is 1130. The Morgan fingerprint density at radius 2 is 1.75 bits per heavy atom. The first-order chi connectivity index (χ1) is 13.6. The van der Waals surface area contributed by atoms with Gasteiger partial charge in [-0.25, -0.2) is 4.98 Å². The van der Waals surface area contributed by atoms with E-state index >= 15 is 0 Å². The van der Waals surface area contributed by atoms with Crippen LogP contribution in [0.3, 0.4) is 0 Å². The Morgan fingerprint density at radius 3 is 2.50 bits per heavy atom. The van der Waals surface area contributed by atoms with E-state index in [9.17, 15) is 4.79 Å². The van der Waals surface area contributed by atoms with Crippen molar-refractivity contribution < 1.29 is 0 Å². The fourth-order valence-corrected chi connectivity index (χ4v) is 5.72. The molecule has 3 nitrogen and oxygen atoms in total. The summed E-state index contributed by atoms with van der Waals surface area (Å²) in [6, 6.07) is 16.6. The molecule has 142 valence electrons. The van der Waals surface area contributed by atoms with Crippen molar-refractivity contribution in [1.29, 1.82) is 0 Å². The summed E-state index contributed by atoms with van der Waals surface area (Å²) in [6.07, 6.45) is 7.50. The Hall–Kier alpha value is -2.33. The second-order valence-electron chi connectivity index (χ2n) is 8.07. The maximum Gasteiger partial charge on any atom is 0.263 e. The lowest BCUT2D eigenvalue weighted by Gasteiger charge is -2.36. The molecule has 2 aromatic carbocycles. The van der Waals surface area contributed by atoms with E-state index in [0.717, 1.165) is 52.5 Å². The topological polar surface area (TPSA) is 34.9 Å². The highest BCUT2D eigenvalue weighted by molar-refractivity contribution is 7.98. The highest BCUT2D eigenvalue weighted by atomic mass is 32.2. The van der Waals surface area contributed by atoms with Gasteiger partial charge in [-0.2, -0.15) is 0 Å². The molecule has 0 N–H and O–H groups in total. The zero-order valence-corrected chi connectivity index (χ0v) is 17.2. The second kappa shape index (κ2) is 6.63. The van der Waals surface area contributed by atoms with E-state index in [1.165, 1.54) is 18.4 Å². The monoisotopic (exact) mass is 388 g/mol. The summed E-state index contributed by atoms with van der Waals surface area (Å²) < 4.78 is 1.85. The molecule has 1 saturated carbocycles. The molecule has 3 aromatic rings. The van der Waals surface area contributed by atoms with Gasteiger partial charge in [0.05, 0.1) is 16.9 Å². The molecule has 0 bridgehead atoms. The lowest BCUT2D eigenvalue weighted by Crippen LogP contribution is -2.40. The molecule has 1 spiro atoms. The third kappa shape index (κ3) is 2.51. The molecule has 1 heterocycles. The quantitative estimate of drug-likeness (QED) is 0.441. The first-order valence-electron chi connectivity index (χ1n) is 10.0. The van der Waals surface area contributed by atoms with Crippen LogP contribution in [0.2, 0.25) is 0 Å². The number of thioether (sulfide) groups is 1. The lowest BCUT2D eigenvalue weighted by atomic mass is 9.68. The van der Waals surface area contributed by atoms with E-state index in [4.69, 9.17) is 4.98 Å². The normalized spacial score (nSPS) is 16.8. The molecule has 2 aliphatic carbocycles. The molecule has 0 saturated heterocycles. The van der Waals surface area contributed by atoms with Gasteiger partial charge in [-0.15, -0.1) is 0 Å². The molecular formula is C24H24N2OS. The molecule has 4 heteroatoms. The van der Waals surface area contributed by atoms with Crippen molar-refractivity contribution in [2.24, 2.45) is 0 Å². The maximum atomic E-state index is 14.0. The van der Waals surface area contributed by atoms with Crippen molar-refractivity contribution in [3.63, 3.8) is 0 Å². The van der Waals surface area contributed by atoms with Crippen LogP contribution in [0.4, 0.5) is 0 Å². The Labute approximate surface area is 169 Å². The van der Waals surface area contributed by atoms with Crippen molar-refractivity contribution in [2.75, 3.05) is 6.26 Å². The SMILES string of the molecule is CSc1nc2c(c(=O)n1-c1ccccc1C)C1(CCCC1)Cc1ccccc1-2. The average molecular weight is 389 g/mol. The van der Waals surface area contributed by atoms with Crippen LogP contribution in [0.5, 0.6) is 0 Å². The molecule has 0 aliphatic heterocycles. The van der Waals surface area contributed by atoms with Crippen molar-refractivity contribution in [1.82, 2.24) is 9.55 Å². The van der Waals surface area contributed by atoms with Crippen LogP contribution in [-0.4, -0.2) is 15.8 Å². The van der Waals surface area contributed by atoms with Gasteiger partial charge in [0.15, 0.2) is 5.16 Å². The predicted molar refractivity (Wildman–Crippen MR) is 116 cm³/mol. The van der Waals surface area contributed by atoms with Gasteiger partial charge < -0.3 is 0 Å². The summed E-state index contributed by atoms with van der Waals surface area (Å²) in [5.74, 6) is 0. The molecule has 0 amide bonds. The van der Waals surface area contributed by atoms with Gasteiger partial charge in [-0.1, -0.05) is 67.1 Å². The number of nitrogens with zero attached hydrogens (tertiary/aromatic N) is 2. The average Bonchev–Trinajstić information content (AvgIpc) is 3.17. The third-order valence-corrected chi connectivity index (χ3v) is 7.12. The number of hydrogen-bond acceptors (Lipinski definition) is 3. The zero-order chi connectivity index (χ0) is 19.3. The summed E-state index contributed by atoms with van der Waals surface area (Å²) in [6.45, 7) is 2.06. The third-order valence-electron chi connectivity index (χ3n) is 6.48. The van der Waals surface area contributed by atoms with Gasteiger partial charge in [0.2, 0.25) is 0 Å². The Morgan fingerprint density at radius 1 is 1.04 bits per heavy atom. The zero-order valence-electron chi connectivity index (χ0n) is 16.4. The van der Waals surface area contributed by atoms with Crippen molar-refractivity contribution in [3.8, 4) is 16.9 Å². The molecule has 28 heavy (non-hydrogen) atoms. The van der Waals surface area contributed by atoms with Crippen molar-refractivity contribution in [2.45, 2.75) is 49.6 Å². The van der Waals surface area contributed by atoms with E-state index in [2.05, 4.69) is 37.3 Å². The van der Waals surface area contributed by atoms with E-state index < -0.39 is 0 Å². The standard InChI is InChI=1S/C24H24N2OS/c1-16-9-3-6-12-19(16)26-22(27)20-21(25-23(26)28-2)18-11-5-4-10-17(18)15-24(20)13-7-8-14-24/h3-6,9-12H,7-8,13-15H2,1-2H3. The summed E-state index contributed by atoms with van der Waals surface area (Å²) in [5.41, 5.74) is 6.45. The minimum atomic E-state index is -0.0604. The smallest absolute Gasteiger partial charge is 0.263 e. The van der Waals surface area contributed by atoms with Gasteiger partial charge >= 0.3 is 0 Å². The first kappa shape index (κ1) is 17.7. The molecule has 0 atom stereocenters. The molecule has 1 fully saturated rings. The van der Waals surface area contributed by atoms with Crippen LogP contribution >= 0.6 is 11.8 Å². The number of benzene rings is 2. The number of aromatic nitrogens is 2. The maximum absolute atomic E-state index is 14.0. The largest absolute Gasteiger partial charge is 0.268 e.